The molecule has 7 heteroatoms. The number of hydrogen-bond donors (Lipinski definition) is 1. The molecule has 3 rings (SSSR count). The van der Waals surface area contributed by atoms with Crippen LogP contribution < -0.4 is 5.32 Å². The molecule has 132 valence electrons. The normalized spacial score (nSPS) is 11.4. The largest absolute Gasteiger partial charge is 0.381 e. The second-order valence-electron chi connectivity index (χ2n) is 6.14. The molecule has 0 radical (unpaired) electrons. The molecule has 2 aromatic heterocycles. The molecule has 0 fully saturated rings. The number of aromatic nitrogens is 2. The molecule has 3 aromatic rings. The van der Waals surface area contributed by atoms with Gasteiger partial charge in [-0.3, -0.25) is 9.20 Å². The Bertz CT molecular complexity index is 855. The van der Waals surface area contributed by atoms with Crippen LogP contribution in [0.3, 0.4) is 0 Å². The third-order valence-corrected chi connectivity index (χ3v) is 4.32. The number of carbonyl (C=O) groups is 1. The topological polar surface area (TPSA) is 55.6 Å². The average Bonchev–Trinajstić information content (AvgIpc) is 3.15. The van der Waals surface area contributed by atoms with Crippen LogP contribution >= 0.6 is 11.3 Å². The highest BCUT2D eigenvalue weighted by molar-refractivity contribution is 7.15. The number of ether oxygens (including phenoxy) is 1. The summed E-state index contributed by atoms with van der Waals surface area (Å²) < 4.78 is 20.5. The van der Waals surface area contributed by atoms with Crippen molar-refractivity contribution < 1.29 is 13.9 Å². The van der Waals surface area contributed by atoms with Gasteiger partial charge >= 0.3 is 0 Å². The lowest BCUT2D eigenvalue weighted by molar-refractivity contribution is -0.117. The Balaban J connectivity index is 1.77. The smallest absolute Gasteiger partial charge is 0.227 e. The zero-order valence-electron chi connectivity index (χ0n) is 14.2. The maximum absolute atomic E-state index is 13.2. The van der Waals surface area contributed by atoms with Gasteiger partial charge in [0.1, 0.15) is 17.3 Å². The van der Waals surface area contributed by atoms with E-state index >= 15 is 0 Å². The highest BCUT2D eigenvalue weighted by atomic mass is 32.1. The Morgan fingerprint density at radius 2 is 2.12 bits per heavy atom. The number of nitrogens with one attached hydrogen (secondary N) is 1. The van der Waals surface area contributed by atoms with Gasteiger partial charge in [0.05, 0.1) is 13.0 Å². The molecule has 2 heterocycles. The number of thiazole rings is 1. The molecular weight excluding hydrogens is 341 g/mol. The molecule has 1 aromatic carbocycles. The Morgan fingerprint density at radius 3 is 2.84 bits per heavy atom. The second kappa shape index (κ2) is 7.76. The van der Waals surface area contributed by atoms with Gasteiger partial charge in [0.25, 0.3) is 0 Å². The molecule has 0 saturated carbocycles. The van der Waals surface area contributed by atoms with Crippen molar-refractivity contribution in [2.75, 3.05) is 18.5 Å². The molecule has 1 N–H and O–H groups in total. The van der Waals surface area contributed by atoms with Crippen molar-refractivity contribution in [1.29, 1.82) is 0 Å². The van der Waals surface area contributed by atoms with Crippen molar-refractivity contribution in [3.05, 3.63) is 41.7 Å². The Hall–Kier alpha value is -2.25. The van der Waals surface area contributed by atoms with Crippen LogP contribution in [0.1, 0.15) is 20.3 Å². The summed E-state index contributed by atoms with van der Waals surface area (Å²) in [7, 11) is 0. The van der Waals surface area contributed by atoms with Crippen LogP contribution in [0.2, 0.25) is 0 Å². The number of halogens is 1. The SMILES string of the molecule is CC(C)COCCC(=O)Nc1c(-c2ccc(F)cc2)nc2sccn12. The zero-order chi connectivity index (χ0) is 17.8. The van der Waals surface area contributed by atoms with E-state index in [2.05, 4.69) is 24.1 Å². The second-order valence-corrected chi connectivity index (χ2v) is 7.01. The number of carbonyl (C=O) groups excluding carboxylic acids is 1. The third kappa shape index (κ3) is 4.24. The van der Waals surface area contributed by atoms with E-state index in [1.807, 2.05) is 16.0 Å². The molecular formula is C18H20FN3O2S. The number of nitrogens with zero attached hydrogens (tertiary/aromatic N) is 2. The molecule has 0 bridgehead atoms. The Morgan fingerprint density at radius 1 is 1.36 bits per heavy atom. The first-order valence-electron chi connectivity index (χ1n) is 8.13. The fraction of sp³-hybridized carbons (Fsp3) is 0.333. The molecule has 5 nitrogen and oxygen atoms in total. The van der Waals surface area contributed by atoms with Crippen LogP contribution in [0.25, 0.3) is 16.2 Å². The van der Waals surface area contributed by atoms with E-state index < -0.39 is 0 Å². The van der Waals surface area contributed by atoms with E-state index in [0.717, 1.165) is 10.5 Å². The lowest BCUT2D eigenvalue weighted by atomic mass is 10.1. The first-order valence-corrected chi connectivity index (χ1v) is 9.01. The number of amides is 1. The fourth-order valence-electron chi connectivity index (χ4n) is 2.39. The van der Waals surface area contributed by atoms with E-state index in [0.29, 0.717) is 30.6 Å². The quantitative estimate of drug-likeness (QED) is 0.642. The van der Waals surface area contributed by atoms with Gasteiger partial charge in [-0.05, 0) is 30.2 Å². The first kappa shape index (κ1) is 17.6. The molecule has 25 heavy (non-hydrogen) atoms. The van der Waals surface area contributed by atoms with Crippen molar-refractivity contribution in [3.8, 4) is 11.3 Å². The number of hydrogen-bond acceptors (Lipinski definition) is 4. The van der Waals surface area contributed by atoms with Gasteiger partial charge in [0.15, 0.2) is 4.96 Å². The maximum atomic E-state index is 13.2. The summed E-state index contributed by atoms with van der Waals surface area (Å²) >= 11 is 1.47. The van der Waals surface area contributed by atoms with E-state index in [-0.39, 0.29) is 18.1 Å². The minimum atomic E-state index is -0.308. The summed E-state index contributed by atoms with van der Waals surface area (Å²) in [5.74, 6) is 0.586. The number of fused-ring (bicyclic) bond motifs is 1. The van der Waals surface area contributed by atoms with E-state index in [9.17, 15) is 9.18 Å². The van der Waals surface area contributed by atoms with Gasteiger partial charge in [-0.1, -0.05) is 13.8 Å². The summed E-state index contributed by atoms with van der Waals surface area (Å²) in [6, 6.07) is 6.08. The number of rotatable bonds is 7. The number of anilines is 1. The van der Waals surface area contributed by atoms with Crippen molar-refractivity contribution in [3.63, 3.8) is 0 Å². The molecule has 1 amide bonds. The van der Waals surface area contributed by atoms with Gasteiger partial charge in [-0.15, -0.1) is 11.3 Å². The van der Waals surface area contributed by atoms with E-state index in [4.69, 9.17) is 4.74 Å². The Labute approximate surface area is 149 Å². The lowest BCUT2D eigenvalue weighted by Gasteiger charge is -2.09. The molecule has 0 spiro atoms. The standard InChI is InChI=1S/C18H20FN3O2S/c1-12(2)11-24-9-7-15(23)20-17-16(13-3-5-14(19)6-4-13)21-18-22(17)8-10-25-18/h3-6,8,10,12H,7,9,11H2,1-2H3,(H,20,23). The van der Waals surface area contributed by atoms with Crippen LogP contribution in [0.15, 0.2) is 35.8 Å². The molecule has 0 unspecified atom stereocenters. The summed E-state index contributed by atoms with van der Waals surface area (Å²) in [5, 5.41) is 4.82. The summed E-state index contributed by atoms with van der Waals surface area (Å²) in [6.07, 6.45) is 2.12. The summed E-state index contributed by atoms with van der Waals surface area (Å²) in [4.78, 5) is 17.6. The van der Waals surface area contributed by atoms with Crippen LogP contribution in [0.5, 0.6) is 0 Å². The van der Waals surface area contributed by atoms with Crippen molar-refractivity contribution in [2.45, 2.75) is 20.3 Å². The van der Waals surface area contributed by atoms with Gasteiger partial charge in [0, 0.05) is 23.7 Å². The van der Waals surface area contributed by atoms with Crippen molar-refractivity contribution in [2.24, 2.45) is 5.92 Å². The van der Waals surface area contributed by atoms with Crippen LogP contribution in [-0.4, -0.2) is 28.5 Å². The maximum Gasteiger partial charge on any atom is 0.227 e. The molecule has 0 aliphatic heterocycles. The van der Waals surface area contributed by atoms with Gasteiger partial charge < -0.3 is 10.1 Å². The van der Waals surface area contributed by atoms with Gasteiger partial charge in [-0.25, -0.2) is 9.37 Å². The average molecular weight is 361 g/mol. The monoisotopic (exact) mass is 361 g/mol. The fourth-order valence-corrected chi connectivity index (χ4v) is 3.11. The van der Waals surface area contributed by atoms with Crippen LogP contribution in [0.4, 0.5) is 10.2 Å². The van der Waals surface area contributed by atoms with Gasteiger partial charge in [-0.2, -0.15) is 0 Å². The molecule has 0 aliphatic rings. The highest BCUT2D eigenvalue weighted by Gasteiger charge is 2.17. The van der Waals surface area contributed by atoms with Gasteiger partial charge in [0.2, 0.25) is 5.91 Å². The summed E-state index contributed by atoms with van der Waals surface area (Å²) in [5.41, 5.74) is 1.38. The minimum absolute atomic E-state index is 0.139. The van der Waals surface area contributed by atoms with E-state index in [1.165, 1.54) is 23.5 Å². The summed E-state index contributed by atoms with van der Waals surface area (Å²) in [6.45, 7) is 5.14. The molecule has 0 aliphatic carbocycles. The zero-order valence-corrected chi connectivity index (χ0v) is 15.0. The Kier molecular flexibility index (Phi) is 5.45. The minimum Gasteiger partial charge on any atom is -0.381 e. The number of benzene rings is 1. The third-order valence-electron chi connectivity index (χ3n) is 3.56. The highest BCUT2D eigenvalue weighted by Crippen LogP contribution is 2.30. The predicted molar refractivity (Wildman–Crippen MR) is 97.4 cm³/mol. The van der Waals surface area contributed by atoms with Crippen LogP contribution in [0, 0.1) is 11.7 Å². The first-order chi connectivity index (χ1) is 12.0. The molecule has 0 atom stereocenters. The van der Waals surface area contributed by atoms with Crippen LogP contribution in [-0.2, 0) is 9.53 Å². The number of imidazole rings is 1. The molecule has 0 saturated heterocycles. The predicted octanol–water partition coefficient (Wildman–Crippen LogP) is 4.20. The van der Waals surface area contributed by atoms with E-state index in [1.54, 1.807) is 12.1 Å². The lowest BCUT2D eigenvalue weighted by Crippen LogP contribution is -2.16. The van der Waals surface area contributed by atoms with Crippen molar-refractivity contribution in [1.82, 2.24) is 9.38 Å². The van der Waals surface area contributed by atoms with Crippen molar-refractivity contribution >= 4 is 28.0 Å².